The summed E-state index contributed by atoms with van der Waals surface area (Å²) in [7, 11) is 0. The molecule has 6 amide bonds. The normalized spacial score (nSPS) is 17.9. The number of primary amides is 1. The minimum absolute atomic E-state index is 0.0311. The first kappa shape index (κ1) is 45.6. The number of hydrogen-bond acceptors (Lipinski definition) is 10. The number of nitrogens with two attached hydrogens (primary N) is 1. The number of amides is 6. The molecule has 2 aliphatic rings. The lowest BCUT2D eigenvalue weighted by atomic mass is 9.83. The Morgan fingerprint density at radius 2 is 1.52 bits per heavy atom. The van der Waals surface area contributed by atoms with Gasteiger partial charge >= 0.3 is 0 Å². The van der Waals surface area contributed by atoms with Crippen LogP contribution in [0, 0.1) is 16.0 Å². The number of ketones is 1. The third-order valence-electron chi connectivity index (χ3n) is 11.0. The average molecular weight is 840 g/mol. The van der Waals surface area contributed by atoms with Crippen LogP contribution < -0.4 is 27.0 Å². The summed E-state index contributed by atoms with van der Waals surface area (Å²) in [4.78, 5) is 107. The number of nitrogens with one attached hydrogen (secondary N) is 4. The van der Waals surface area contributed by atoms with Crippen LogP contribution in [-0.4, -0.2) is 88.4 Å². The monoisotopic (exact) mass is 839 g/mol. The maximum Gasteiger partial charge on any atom is 0.290 e. The van der Waals surface area contributed by atoms with Gasteiger partial charge < -0.3 is 36.6 Å². The highest BCUT2D eigenvalue weighted by Gasteiger charge is 2.45. The topological polar surface area (TPSA) is 249 Å². The largest absolute Gasteiger partial charge is 0.372 e. The van der Waals surface area contributed by atoms with E-state index in [-0.39, 0.29) is 37.5 Å². The van der Waals surface area contributed by atoms with E-state index in [1.165, 1.54) is 29.2 Å². The van der Waals surface area contributed by atoms with Gasteiger partial charge in [-0.3, -0.25) is 43.7 Å². The molecule has 1 heterocycles. The highest BCUT2D eigenvalue weighted by molar-refractivity contribution is 6.38. The lowest BCUT2D eigenvalue weighted by molar-refractivity contribution is -0.385. The van der Waals surface area contributed by atoms with E-state index >= 15 is 0 Å². The molecule has 5 atom stereocenters. The van der Waals surface area contributed by atoms with E-state index in [1.54, 1.807) is 30.3 Å². The number of nitro benzene ring substituents is 1. The molecule has 61 heavy (non-hydrogen) atoms. The zero-order valence-electron chi connectivity index (χ0n) is 34.1. The predicted octanol–water partition coefficient (Wildman–Crippen LogP) is 3.16. The van der Waals surface area contributed by atoms with Gasteiger partial charge in [-0.25, -0.2) is 0 Å². The van der Waals surface area contributed by atoms with Crippen LogP contribution in [0.3, 0.4) is 0 Å². The van der Waals surface area contributed by atoms with Gasteiger partial charge in [-0.1, -0.05) is 112 Å². The standard InChI is InChI=1S/C44H53N7O10/c1-2-3-22-33(39(53)43(57)46-25-36(52)48-37(40(45)54)29-17-9-5-10-18-29)47-42(56)35-24-31(61-27-28-15-7-4-8-16-28)26-50(35)44(58)38(30-19-11-6-12-20-30)49-41(55)32-21-13-14-23-34(32)51(59)60/h4-5,7-10,13-18,21,23,30-31,33,35,37-38H,2-3,6,11-12,19-20,22,24-27H2,1H3,(H2,45,54)(H,46,57)(H,47,56)(H,48,52)(H,49,55)/t31-,33?,35+,37?,38?/m1/s1. The molecule has 17 nitrogen and oxygen atoms in total. The van der Waals surface area contributed by atoms with Crippen LogP contribution in [0.15, 0.2) is 84.9 Å². The number of benzene rings is 3. The van der Waals surface area contributed by atoms with Gasteiger partial charge in [-0.2, -0.15) is 0 Å². The zero-order chi connectivity index (χ0) is 43.9. The number of unbranched alkanes of at least 4 members (excludes halogenated alkanes) is 1. The number of rotatable bonds is 20. The fourth-order valence-corrected chi connectivity index (χ4v) is 7.80. The summed E-state index contributed by atoms with van der Waals surface area (Å²) in [6.45, 7) is 1.35. The van der Waals surface area contributed by atoms with Crippen molar-refractivity contribution in [2.45, 2.75) is 102 Å². The second kappa shape index (κ2) is 22.2. The van der Waals surface area contributed by atoms with E-state index in [1.807, 2.05) is 37.3 Å². The lowest BCUT2D eigenvalue weighted by Crippen LogP contribution is -2.58. The van der Waals surface area contributed by atoms with Crippen molar-refractivity contribution < 1.29 is 43.2 Å². The van der Waals surface area contributed by atoms with Gasteiger partial charge in [0.2, 0.25) is 29.4 Å². The molecule has 2 fully saturated rings. The van der Waals surface area contributed by atoms with Gasteiger partial charge in [0.05, 0.1) is 30.2 Å². The quantitative estimate of drug-likeness (QED) is 0.0632. The molecule has 0 bridgehead atoms. The number of nitro groups is 1. The number of likely N-dealkylation sites (tertiary alicyclic amines) is 1. The molecule has 1 aliphatic heterocycles. The fraction of sp³-hybridized carbons (Fsp3) is 0.432. The number of para-hydroxylation sites is 1. The van der Waals surface area contributed by atoms with Crippen LogP contribution in [0.4, 0.5) is 5.69 Å². The first-order valence-electron chi connectivity index (χ1n) is 20.6. The molecule has 6 N–H and O–H groups in total. The Balaban J connectivity index is 1.34. The Labute approximate surface area is 353 Å². The van der Waals surface area contributed by atoms with Crippen LogP contribution in [0.5, 0.6) is 0 Å². The van der Waals surface area contributed by atoms with E-state index in [4.69, 9.17) is 10.5 Å². The Bertz CT molecular complexity index is 2040. The van der Waals surface area contributed by atoms with Gasteiger partial charge in [0.25, 0.3) is 17.5 Å². The molecule has 0 radical (unpaired) electrons. The molecule has 17 heteroatoms. The summed E-state index contributed by atoms with van der Waals surface area (Å²) in [5.74, 6) is -6.21. The van der Waals surface area contributed by atoms with E-state index in [2.05, 4.69) is 21.3 Å². The van der Waals surface area contributed by atoms with Gasteiger partial charge in [-0.05, 0) is 42.4 Å². The summed E-state index contributed by atoms with van der Waals surface area (Å²) in [6.07, 6.45) is 4.26. The second-order valence-corrected chi connectivity index (χ2v) is 15.3. The van der Waals surface area contributed by atoms with Crippen LogP contribution in [0.1, 0.15) is 92.2 Å². The Morgan fingerprint density at radius 1 is 0.869 bits per heavy atom. The van der Waals surface area contributed by atoms with Crippen molar-refractivity contribution in [2.75, 3.05) is 13.1 Å². The lowest BCUT2D eigenvalue weighted by Gasteiger charge is -2.34. The molecule has 0 aromatic heterocycles. The minimum Gasteiger partial charge on any atom is -0.372 e. The van der Waals surface area contributed by atoms with E-state index in [0.717, 1.165) is 24.8 Å². The third kappa shape index (κ3) is 12.5. The third-order valence-corrected chi connectivity index (χ3v) is 11.0. The van der Waals surface area contributed by atoms with E-state index < -0.39 is 88.7 Å². The summed E-state index contributed by atoms with van der Waals surface area (Å²) >= 11 is 0. The Hall–Kier alpha value is -6.49. The van der Waals surface area contributed by atoms with Crippen LogP contribution in [-0.2, 0) is 40.1 Å². The Morgan fingerprint density at radius 3 is 2.18 bits per heavy atom. The molecule has 1 saturated carbocycles. The highest BCUT2D eigenvalue weighted by Crippen LogP contribution is 2.31. The van der Waals surface area contributed by atoms with Crippen molar-refractivity contribution in [3.63, 3.8) is 0 Å². The second-order valence-electron chi connectivity index (χ2n) is 15.3. The van der Waals surface area contributed by atoms with Crippen molar-refractivity contribution in [2.24, 2.45) is 11.7 Å². The molecule has 3 aromatic carbocycles. The van der Waals surface area contributed by atoms with Crippen molar-refractivity contribution in [3.8, 4) is 0 Å². The predicted molar refractivity (Wildman–Crippen MR) is 222 cm³/mol. The smallest absolute Gasteiger partial charge is 0.290 e. The van der Waals surface area contributed by atoms with Gasteiger partial charge in [0.1, 0.15) is 23.7 Å². The van der Waals surface area contributed by atoms with Gasteiger partial charge in [-0.15, -0.1) is 0 Å². The molecule has 1 aliphatic carbocycles. The highest BCUT2D eigenvalue weighted by atomic mass is 16.6. The minimum atomic E-state index is -1.33. The zero-order valence-corrected chi connectivity index (χ0v) is 34.1. The number of carbonyl (C=O) groups is 7. The van der Waals surface area contributed by atoms with Crippen molar-refractivity contribution in [3.05, 3.63) is 112 Å². The number of ether oxygens (including phenoxy) is 1. The van der Waals surface area contributed by atoms with Crippen molar-refractivity contribution in [1.82, 2.24) is 26.2 Å². The molecule has 1 saturated heterocycles. The Kier molecular flexibility index (Phi) is 16.6. The first-order chi connectivity index (χ1) is 29.4. The molecule has 3 unspecified atom stereocenters. The van der Waals surface area contributed by atoms with E-state index in [9.17, 15) is 43.7 Å². The summed E-state index contributed by atoms with van der Waals surface area (Å²) in [5, 5.41) is 22.0. The van der Waals surface area contributed by atoms with Crippen LogP contribution in [0.25, 0.3) is 0 Å². The number of carbonyl (C=O) groups excluding carboxylic acids is 7. The van der Waals surface area contributed by atoms with Crippen molar-refractivity contribution >= 4 is 46.9 Å². The van der Waals surface area contributed by atoms with Gasteiger partial charge in [0, 0.05) is 19.0 Å². The van der Waals surface area contributed by atoms with Crippen molar-refractivity contribution in [1.29, 1.82) is 0 Å². The number of hydrogen-bond donors (Lipinski definition) is 5. The molecule has 324 valence electrons. The molecular formula is C44H53N7O10. The molecule has 5 rings (SSSR count). The SMILES string of the molecule is CCCCC(NC(=O)[C@@H]1C[C@@H](OCc2ccccc2)CN1C(=O)C(NC(=O)c1ccccc1[N+](=O)[O-])C1CCCCC1)C(=O)C(=O)NCC(=O)NC(C(N)=O)c1ccccc1. The summed E-state index contributed by atoms with van der Waals surface area (Å²) in [6, 6.07) is 18.2. The van der Waals surface area contributed by atoms with Gasteiger partial charge in [0.15, 0.2) is 0 Å². The van der Waals surface area contributed by atoms with Crippen LogP contribution in [0.2, 0.25) is 0 Å². The first-order valence-corrected chi connectivity index (χ1v) is 20.6. The molecule has 3 aromatic rings. The average Bonchev–Trinajstić information content (AvgIpc) is 3.72. The van der Waals surface area contributed by atoms with E-state index in [0.29, 0.717) is 31.2 Å². The molecule has 0 spiro atoms. The fourth-order valence-electron chi connectivity index (χ4n) is 7.80. The summed E-state index contributed by atoms with van der Waals surface area (Å²) < 4.78 is 6.21. The molecular weight excluding hydrogens is 787 g/mol. The maximum absolute atomic E-state index is 14.8. The number of Topliss-reactive ketones (excluding diaryl/α,β-unsaturated/α-hetero) is 1. The maximum atomic E-state index is 14.8. The number of nitrogens with zero attached hydrogens (tertiary/aromatic N) is 2. The summed E-state index contributed by atoms with van der Waals surface area (Å²) in [5.41, 5.74) is 6.15. The van der Waals surface area contributed by atoms with Crippen LogP contribution >= 0.6 is 0 Å².